The highest BCUT2D eigenvalue weighted by atomic mass is 16.5. The Labute approximate surface area is 96.2 Å². The predicted molar refractivity (Wildman–Crippen MR) is 62.3 cm³/mol. The van der Waals surface area contributed by atoms with Crippen molar-refractivity contribution in [3.8, 4) is 11.8 Å². The average molecular weight is 216 g/mol. The van der Waals surface area contributed by atoms with Crippen LogP contribution in [0.1, 0.15) is 18.4 Å². The normalized spacial score (nSPS) is 14.8. The molecule has 2 rings (SSSR count). The molecule has 3 nitrogen and oxygen atoms in total. The van der Waals surface area contributed by atoms with Crippen LogP contribution in [0.5, 0.6) is 5.75 Å². The molecule has 84 valence electrons. The van der Waals surface area contributed by atoms with Gasteiger partial charge in [-0.2, -0.15) is 5.26 Å². The van der Waals surface area contributed by atoms with Gasteiger partial charge in [0.25, 0.3) is 0 Å². The van der Waals surface area contributed by atoms with E-state index in [0.29, 0.717) is 12.2 Å². The summed E-state index contributed by atoms with van der Waals surface area (Å²) in [4.78, 5) is 2.33. The monoisotopic (exact) mass is 216 g/mol. The zero-order valence-corrected chi connectivity index (χ0v) is 9.52. The highest BCUT2D eigenvalue weighted by Gasteiger charge is 2.25. The van der Waals surface area contributed by atoms with Crippen LogP contribution in [0.25, 0.3) is 0 Å². The maximum Gasteiger partial charge on any atom is 0.120 e. The fourth-order valence-corrected chi connectivity index (χ4v) is 1.66. The fourth-order valence-electron chi connectivity index (χ4n) is 1.66. The lowest BCUT2D eigenvalue weighted by atomic mass is 10.2. The van der Waals surface area contributed by atoms with Crippen molar-refractivity contribution in [3.05, 3.63) is 29.8 Å². The van der Waals surface area contributed by atoms with Crippen LogP contribution in [0.2, 0.25) is 0 Å². The number of hydrogen-bond donors (Lipinski definition) is 0. The van der Waals surface area contributed by atoms with Crippen molar-refractivity contribution in [2.24, 2.45) is 0 Å². The summed E-state index contributed by atoms with van der Waals surface area (Å²) in [6.45, 7) is 1.63. The summed E-state index contributed by atoms with van der Waals surface area (Å²) in [5.41, 5.74) is 0.646. The summed E-state index contributed by atoms with van der Waals surface area (Å²) in [6, 6.07) is 10.2. The van der Waals surface area contributed by atoms with Crippen molar-refractivity contribution in [1.29, 1.82) is 5.26 Å². The van der Waals surface area contributed by atoms with Crippen molar-refractivity contribution < 1.29 is 4.74 Å². The molecule has 1 saturated carbocycles. The lowest BCUT2D eigenvalue weighted by Gasteiger charge is -2.15. The first-order chi connectivity index (χ1) is 7.79. The van der Waals surface area contributed by atoms with E-state index in [1.807, 2.05) is 12.1 Å². The van der Waals surface area contributed by atoms with Crippen LogP contribution in [0, 0.1) is 11.3 Å². The predicted octanol–water partition coefficient (Wildman–Crippen LogP) is 2.03. The van der Waals surface area contributed by atoms with Gasteiger partial charge in [0.05, 0.1) is 11.6 Å². The van der Waals surface area contributed by atoms with Crippen LogP contribution in [0.15, 0.2) is 24.3 Å². The van der Waals surface area contributed by atoms with Gasteiger partial charge in [-0.3, -0.25) is 0 Å². The third-order valence-corrected chi connectivity index (χ3v) is 2.85. The molecule has 0 amide bonds. The molecule has 0 N–H and O–H groups in total. The van der Waals surface area contributed by atoms with E-state index in [1.165, 1.54) is 12.8 Å². The molecule has 1 aromatic carbocycles. The minimum Gasteiger partial charge on any atom is -0.492 e. The Hall–Kier alpha value is -1.53. The molecule has 0 atom stereocenters. The minimum absolute atomic E-state index is 0.646. The lowest BCUT2D eigenvalue weighted by Crippen LogP contribution is -2.26. The zero-order chi connectivity index (χ0) is 11.4. The van der Waals surface area contributed by atoms with Gasteiger partial charge in [-0.1, -0.05) is 6.07 Å². The number of likely N-dealkylation sites (N-methyl/N-ethyl adjacent to an activating group) is 1. The Morgan fingerprint density at radius 3 is 3.00 bits per heavy atom. The molecule has 1 aromatic rings. The van der Waals surface area contributed by atoms with E-state index in [2.05, 4.69) is 18.0 Å². The zero-order valence-electron chi connectivity index (χ0n) is 9.52. The number of nitrogens with zero attached hydrogens (tertiary/aromatic N) is 2. The van der Waals surface area contributed by atoms with Gasteiger partial charge in [0, 0.05) is 12.6 Å². The molecule has 0 unspecified atom stereocenters. The molecule has 0 heterocycles. The molecule has 16 heavy (non-hydrogen) atoms. The van der Waals surface area contributed by atoms with Gasteiger partial charge in [0.1, 0.15) is 12.4 Å². The molecule has 1 aliphatic rings. The van der Waals surface area contributed by atoms with E-state index in [9.17, 15) is 0 Å². The van der Waals surface area contributed by atoms with Crippen LogP contribution < -0.4 is 4.74 Å². The molecule has 0 saturated heterocycles. The Morgan fingerprint density at radius 1 is 1.50 bits per heavy atom. The second-order valence-electron chi connectivity index (χ2n) is 4.20. The number of nitriles is 1. The largest absolute Gasteiger partial charge is 0.492 e. The Kier molecular flexibility index (Phi) is 3.43. The second-order valence-corrected chi connectivity index (χ2v) is 4.20. The van der Waals surface area contributed by atoms with Crippen LogP contribution in [-0.4, -0.2) is 31.1 Å². The first-order valence-corrected chi connectivity index (χ1v) is 5.63. The van der Waals surface area contributed by atoms with Crippen LogP contribution in [0.4, 0.5) is 0 Å². The van der Waals surface area contributed by atoms with Gasteiger partial charge >= 0.3 is 0 Å². The SMILES string of the molecule is CN(CCOc1cccc(C#N)c1)C1CC1. The molecule has 1 fully saturated rings. The van der Waals surface area contributed by atoms with Gasteiger partial charge in [0.2, 0.25) is 0 Å². The van der Waals surface area contributed by atoms with Crippen molar-refractivity contribution in [2.45, 2.75) is 18.9 Å². The molecular weight excluding hydrogens is 200 g/mol. The molecule has 0 bridgehead atoms. The van der Waals surface area contributed by atoms with Gasteiger partial charge < -0.3 is 9.64 Å². The smallest absolute Gasteiger partial charge is 0.120 e. The summed E-state index contributed by atoms with van der Waals surface area (Å²) in [7, 11) is 2.13. The lowest BCUT2D eigenvalue weighted by molar-refractivity contribution is 0.232. The van der Waals surface area contributed by atoms with E-state index in [1.54, 1.807) is 12.1 Å². The second kappa shape index (κ2) is 5.00. The van der Waals surface area contributed by atoms with E-state index in [4.69, 9.17) is 10.00 Å². The van der Waals surface area contributed by atoms with Gasteiger partial charge in [-0.25, -0.2) is 0 Å². The van der Waals surface area contributed by atoms with E-state index >= 15 is 0 Å². The number of hydrogen-bond acceptors (Lipinski definition) is 3. The van der Waals surface area contributed by atoms with Crippen molar-refractivity contribution in [2.75, 3.05) is 20.2 Å². The third-order valence-electron chi connectivity index (χ3n) is 2.85. The Balaban J connectivity index is 1.78. The standard InChI is InChI=1S/C13H16N2O/c1-15(12-5-6-12)7-8-16-13-4-2-3-11(9-13)10-14/h2-4,9,12H,5-8H2,1H3. The Bertz CT molecular complexity index is 393. The van der Waals surface area contributed by atoms with Crippen LogP contribution in [-0.2, 0) is 0 Å². The van der Waals surface area contributed by atoms with Gasteiger partial charge in [0.15, 0.2) is 0 Å². The minimum atomic E-state index is 0.646. The quantitative estimate of drug-likeness (QED) is 0.755. The topological polar surface area (TPSA) is 36.3 Å². The maximum absolute atomic E-state index is 8.74. The fraction of sp³-hybridized carbons (Fsp3) is 0.462. The molecule has 0 aliphatic heterocycles. The van der Waals surface area contributed by atoms with Gasteiger partial charge in [-0.05, 0) is 38.1 Å². The van der Waals surface area contributed by atoms with E-state index in [-0.39, 0.29) is 0 Å². The molecule has 0 spiro atoms. The Morgan fingerprint density at radius 2 is 2.31 bits per heavy atom. The first-order valence-electron chi connectivity index (χ1n) is 5.63. The summed E-state index contributed by atoms with van der Waals surface area (Å²) >= 11 is 0. The van der Waals surface area contributed by atoms with Crippen molar-refractivity contribution in [1.82, 2.24) is 4.90 Å². The highest BCUT2D eigenvalue weighted by molar-refractivity contribution is 5.36. The summed E-state index contributed by atoms with van der Waals surface area (Å²) in [5, 5.41) is 8.74. The van der Waals surface area contributed by atoms with Crippen molar-refractivity contribution in [3.63, 3.8) is 0 Å². The van der Waals surface area contributed by atoms with E-state index in [0.717, 1.165) is 18.3 Å². The summed E-state index contributed by atoms with van der Waals surface area (Å²) in [5.74, 6) is 0.781. The number of benzene rings is 1. The van der Waals surface area contributed by atoms with Crippen LogP contribution in [0.3, 0.4) is 0 Å². The van der Waals surface area contributed by atoms with Crippen LogP contribution >= 0.6 is 0 Å². The maximum atomic E-state index is 8.74. The van der Waals surface area contributed by atoms with Gasteiger partial charge in [-0.15, -0.1) is 0 Å². The first kappa shape index (κ1) is 11.0. The highest BCUT2D eigenvalue weighted by Crippen LogP contribution is 2.24. The molecule has 0 aromatic heterocycles. The molecule has 1 aliphatic carbocycles. The third kappa shape index (κ3) is 2.98. The average Bonchev–Trinajstić information content (AvgIpc) is 3.13. The van der Waals surface area contributed by atoms with E-state index < -0.39 is 0 Å². The summed E-state index contributed by atoms with van der Waals surface area (Å²) in [6.07, 6.45) is 2.64. The number of rotatable bonds is 5. The van der Waals surface area contributed by atoms with Crippen molar-refractivity contribution >= 4 is 0 Å². The number of ether oxygens (including phenoxy) is 1. The molecular formula is C13H16N2O. The molecule has 0 radical (unpaired) electrons. The molecule has 3 heteroatoms. The summed E-state index contributed by atoms with van der Waals surface area (Å²) < 4.78 is 5.60.